The van der Waals surface area contributed by atoms with Crippen molar-refractivity contribution in [2.75, 3.05) is 5.32 Å². The van der Waals surface area contributed by atoms with E-state index in [9.17, 15) is 4.79 Å². The highest BCUT2D eigenvalue weighted by Crippen LogP contribution is 2.28. The van der Waals surface area contributed by atoms with Crippen LogP contribution in [0, 0.1) is 5.92 Å². The van der Waals surface area contributed by atoms with Crippen LogP contribution in [0.1, 0.15) is 31.7 Å². The first kappa shape index (κ1) is 13.8. The fourth-order valence-electron chi connectivity index (χ4n) is 1.98. The van der Waals surface area contributed by atoms with Gasteiger partial charge in [0.25, 0.3) is 5.56 Å². The molecule has 1 N–H and O–H groups in total. The van der Waals surface area contributed by atoms with Crippen molar-refractivity contribution >= 4 is 17.2 Å². The molecule has 2 rings (SSSR count). The van der Waals surface area contributed by atoms with Gasteiger partial charge in [0.05, 0.1) is 6.04 Å². The molecule has 0 aliphatic carbocycles. The summed E-state index contributed by atoms with van der Waals surface area (Å²) in [5.41, 5.74) is -0.0628. The molecule has 0 aromatic carbocycles. The lowest BCUT2D eigenvalue weighted by molar-refractivity contribution is 0.549. The molecule has 0 fully saturated rings. The molecule has 1 atom stereocenters. The highest BCUT2D eigenvalue weighted by atomic mass is 32.1. The lowest BCUT2D eigenvalue weighted by Crippen LogP contribution is -2.27. The molecule has 0 amide bonds. The van der Waals surface area contributed by atoms with Crippen molar-refractivity contribution in [3.63, 3.8) is 0 Å². The van der Waals surface area contributed by atoms with E-state index >= 15 is 0 Å². The van der Waals surface area contributed by atoms with Crippen molar-refractivity contribution < 1.29 is 0 Å². The van der Waals surface area contributed by atoms with Crippen LogP contribution in [0.15, 0.2) is 34.7 Å². The number of nitrogens with one attached hydrogen (secondary N) is 1. The Balaban J connectivity index is 2.30. The molecule has 102 valence electrons. The zero-order valence-corrected chi connectivity index (χ0v) is 12.3. The van der Waals surface area contributed by atoms with E-state index in [2.05, 4.69) is 35.6 Å². The number of aromatic nitrogens is 2. The molecule has 0 saturated heterocycles. The molecule has 0 saturated carbocycles. The summed E-state index contributed by atoms with van der Waals surface area (Å²) >= 11 is 1.70. The zero-order valence-electron chi connectivity index (χ0n) is 11.5. The van der Waals surface area contributed by atoms with Gasteiger partial charge in [-0.3, -0.25) is 4.79 Å². The van der Waals surface area contributed by atoms with Gasteiger partial charge in [0.1, 0.15) is 0 Å². The second kappa shape index (κ2) is 6.02. The van der Waals surface area contributed by atoms with Crippen molar-refractivity contribution in [3.05, 3.63) is 45.1 Å². The summed E-state index contributed by atoms with van der Waals surface area (Å²) in [4.78, 5) is 17.6. The van der Waals surface area contributed by atoms with Crippen molar-refractivity contribution in [1.82, 2.24) is 9.55 Å². The Labute approximate surface area is 117 Å². The SMILES string of the molecule is CCn1ccnc(NC(c2cccs2)C(C)C)c1=O. The molecule has 2 aromatic rings. The van der Waals surface area contributed by atoms with Crippen molar-refractivity contribution in [3.8, 4) is 0 Å². The third-order valence-electron chi connectivity index (χ3n) is 3.06. The highest BCUT2D eigenvalue weighted by molar-refractivity contribution is 7.10. The van der Waals surface area contributed by atoms with Crippen LogP contribution >= 0.6 is 11.3 Å². The first-order valence-electron chi connectivity index (χ1n) is 6.48. The van der Waals surface area contributed by atoms with Gasteiger partial charge in [0.2, 0.25) is 0 Å². The second-order valence-corrected chi connectivity index (χ2v) is 5.73. The molecule has 2 heterocycles. The Hall–Kier alpha value is -1.62. The molecule has 0 aliphatic heterocycles. The molecule has 1 unspecified atom stereocenters. The highest BCUT2D eigenvalue weighted by Gasteiger charge is 2.18. The molecule has 4 nitrogen and oxygen atoms in total. The number of nitrogens with zero attached hydrogens (tertiary/aromatic N) is 2. The average Bonchev–Trinajstić information content (AvgIpc) is 2.90. The van der Waals surface area contributed by atoms with E-state index < -0.39 is 0 Å². The summed E-state index contributed by atoms with van der Waals surface area (Å²) in [5, 5.41) is 5.34. The van der Waals surface area contributed by atoms with E-state index in [0.717, 1.165) is 0 Å². The Bertz CT molecular complexity index is 575. The Morgan fingerprint density at radius 2 is 2.26 bits per heavy atom. The lowest BCUT2D eigenvalue weighted by Gasteiger charge is -2.21. The summed E-state index contributed by atoms with van der Waals surface area (Å²) in [5.74, 6) is 0.812. The second-order valence-electron chi connectivity index (χ2n) is 4.75. The van der Waals surface area contributed by atoms with E-state index in [-0.39, 0.29) is 11.6 Å². The van der Waals surface area contributed by atoms with Gasteiger partial charge in [-0.1, -0.05) is 19.9 Å². The smallest absolute Gasteiger partial charge is 0.293 e. The van der Waals surface area contributed by atoms with Crippen LogP contribution in [0.2, 0.25) is 0 Å². The minimum Gasteiger partial charge on any atom is -0.358 e. The van der Waals surface area contributed by atoms with Crippen LogP contribution in [0.4, 0.5) is 5.82 Å². The molecule has 2 aromatic heterocycles. The fraction of sp³-hybridized carbons (Fsp3) is 0.429. The van der Waals surface area contributed by atoms with Crippen LogP contribution in [0.25, 0.3) is 0 Å². The summed E-state index contributed by atoms with van der Waals surface area (Å²) in [7, 11) is 0. The number of rotatable bonds is 5. The van der Waals surface area contributed by atoms with E-state index in [1.807, 2.05) is 13.0 Å². The van der Waals surface area contributed by atoms with Crippen LogP contribution in [0.5, 0.6) is 0 Å². The third-order valence-corrected chi connectivity index (χ3v) is 4.02. The largest absolute Gasteiger partial charge is 0.358 e. The first-order chi connectivity index (χ1) is 9.13. The zero-order chi connectivity index (χ0) is 13.8. The average molecular weight is 277 g/mol. The van der Waals surface area contributed by atoms with E-state index in [4.69, 9.17) is 0 Å². The van der Waals surface area contributed by atoms with Gasteiger partial charge in [-0.05, 0) is 24.3 Å². The molecular formula is C14H19N3OS. The quantitative estimate of drug-likeness (QED) is 0.913. The van der Waals surface area contributed by atoms with Crippen molar-refractivity contribution in [2.24, 2.45) is 5.92 Å². The van der Waals surface area contributed by atoms with Gasteiger partial charge >= 0.3 is 0 Å². The van der Waals surface area contributed by atoms with E-state index in [1.165, 1.54) is 4.88 Å². The van der Waals surface area contributed by atoms with Crippen LogP contribution in [-0.4, -0.2) is 9.55 Å². The summed E-state index contributed by atoms with van der Waals surface area (Å²) in [6.07, 6.45) is 3.38. The summed E-state index contributed by atoms with van der Waals surface area (Å²) in [6, 6.07) is 4.23. The molecule has 5 heteroatoms. The minimum atomic E-state index is -0.0628. The number of hydrogen-bond donors (Lipinski definition) is 1. The van der Waals surface area contributed by atoms with Crippen molar-refractivity contribution in [2.45, 2.75) is 33.4 Å². The van der Waals surface area contributed by atoms with Gasteiger partial charge in [0.15, 0.2) is 5.82 Å². The van der Waals surface area contributed by atoms with Gasteiger partial charge in [-0.25, -0.2) is 4.98 Å². The number of hydrogen-bond acceptors (Lipinski definition) is 4. The van der Waals surface area contributed by atoms with Gasteiger partial charge in [-0.2, -0.15) is 0 Å². The molecule has 0 aliphatic rings. The van der Waals surface area contributed by atoms with Gasteiger partial charge in [0, 0.05) is 23.8 Å². The predicted molar refractivity (Wildman–Crippen MR) is 79.7 cm³/mol. The normalized spacial score (nSPS) is 12.6. The van der Waals surface area contributed by atoms with Crippen molar-refractivity contribution in [1.29, 1.82) is 0 Å². The standard InChI is InChI=1S/C14H19N3OS/c1-4-17-8-7-15-13(14(17)18)16-12(10(2)3)11-6-5-9-19-11/h5-10,12H,4H2,1-3H3,(H,15,16). The van der Waals surface area contributed by atoms with E-state index in [1.54, 1.807) is 28.3 Å². The Kier molecular flexibility index (Phi) is 4.37. The maximum atomic E-state index is 12.2. The third kappa shape index (κ3) is 3.04. The summed E-state index contributed by atoms with van der Waals surface area (Å²) < 4.78 is 1.65. The fourth-order valence-corrected chi connectivity index (χ4v) is 2.93. The molecule has 0 bridgehead atoms. The van der Waals surface area contributed by atoms with Gasteiger partial charge in [-0.15, -0.1) is 11.3 Å². The molecule has 0 spiro atoms. The Morgan fingerprint density at radius 1 is 1.47 bits per heavy atom. The Morgan fingerprint density at radius 3 is 2.84 bits per heavy atom. The minimum absolute atomic E-state index is 0.0628. The predicted octanol–water partition coefficient (Wildman–Crippen LogP) is 3.13. The van der Waals surface area contributed by atoms with E-state index in [0.29, 0.717) is 18.3 Å². The molecule has 19 heavy (non-hydrogen) atoms. The lowest BCUT2D eigenvalue weighted by atomic mass is 10.0. The maximum Gasteiger partial charge on any atom is 0.293 e. The number of thiophene rings is 1. The van der Waals surface area contributed by atoms with Crippen LogP contribution in [0.3, 0.4) is 0 Å². The monoisotopic (exact) mass is 277 g/mol. The molecule has 0 radical (unpaired) electrons. The first-order valence-corrected chi connectivity index (χ1v) is 7.36. The van der Waals surface area contributed by atoms with Crippen LogP contribution < -0.4 is 10.9 Å². The maximum absolute atomic E-state index is 12.2. The number of anilines is 1. The summed E-state index contributed by atoms with van der Waals surface area (Å²) in [6.45, 7) is 6.88. The molecular weight excluding hydrogens is 258 g/mol. The van der Waals surface area contributed by atoms with Gasteiger partial charge < -0.3 is 9.88 Å². The topological polar surface area (TPSA) is 46.9 Å². The number of aryl methyl sites for hydroxylation is 1. The van der Waals surface area contributed by atoms with Crippen LogP contribution in [-0.2, 0) is 6.54 Å².